The quantitative estimate of drug-likeness (QED) is 0.735. The van der Waals surface area contributed by atoms with Gasteiger partial charge in [0.05, 0.1) is 12.4 Å². The molecule has 1 heterocycles. The first-order valence-corrected chi connectivity index (χ1v) is 7.75. The van der Waals surface area contributed by atoms with Crippen molar-refractivity contribution in [2.75, 3.05) is 7.11 Å². The largest absolute Gasteiger partial charge is 0.478 e. The number of carbonyl (C=O) groups is 2. The number of carboxylic acid groups (broad SMARTS) is 2. The lowest BCUT2D eigenvalue weighted by atomic mass is 9.94. The molecule has 3 atom stereocenters. The van der Waals surface area contributed by atoms with E-state index in [1.165, 1.54) is 23.2 Å². The number of hydrogen-bond acceptors (Lipinski definition) is 4. The Morgan fingerprint density at radius 3 is 2.40 bits per heavy atom. The number of carboxylic acids is 2. The van der Waals surface area contributed by atoms with E-state index in [-0.39, 0.29) is 11.5 Å². The molecule has 0 bridgehead atoms. The molecular formula is C18H18N2O5. The smallest absolute Gasteiger partial charge is 0.328 e. The van der Waals surface area contributed by atoms with Crippen LogP contribution in [0.15, 0.2) is 48.9 Å². The second-order valence-corrected chi connectivity index (χ2v) is 6.02. The van der Waals surface area contributed by atoms with E-state index in [1.807, 2.05) is 6.20 Å². The van der Waals surface area contributed by atoms with Crippen molar-refractivity contribution < 1.29 is 24.5 Å². The predicted molar refractivity (Wildman–Crippen MR) is 88.2 cm³/mol. The number of nitrogens with zero attached hydrogens (tertiary/aromatic N) is 1. The minimum absolute atomic E-state index is 0.120. The summed E-state index contributed by atoms with van der Waals surface area (Å²) in [6.45, 7) is 0. The van der Waals surface area contributed by atoms with Crippen LogP contribution in [0.2, 0.25) is 0 Å². The second kappa shape index (κ2) is 6.52. The molecule has 0 unspecified atom stereocenters. The number of aromatic amines is 1. The van der Waals surface area contributed by atoms with Crippen LogP contribution in [0.25, 0.3) is 0 Å². The second-order valence-electron chi connectivity index (χ2n) is 6.02. The van der Waals surface area contributed by atoms with E-state index < -0.39 is 11.9 Å². The molecule has 0 saturated heterocycles. The molecule has 7 nitrogen and oxygen atoms in total. The van der Waals surface area contributed by atoms with Gasteiger partial charge in [0.2, 0.25) is 0 Å². The lowest BCUT2D eigenvalue weighted by Crippen LogP contribution is -2.18. The molecule has 0 radical (unpaired) electrons. The van der Waals surface area contributed by atoms with Crippen LogP contribution in [0.4, 0.5) is 0 Å². The molecule has 4 rings (SSSR count). The Labute approximate surface area is 144 Å². The molecule has 1 saturated carbocycles. The van der Waals surface area contributed by atoms with Crippen molar-refractivity contribution in [3.8, 4) is 0 Å². The van der Waals surface area contributed by atoms with E-state index in [4.69, 9.17) is 14.9 Å². The molecule has 25 heavy (non-hydrogen) atoms. The summed E-state index contributed by atoms with van der Waals surface area (Å²) in [5.74, 6) is -1.91. The number of aromatic nitrogens is 2. The Kier molecular flexibility index (Phi) is 4.41. The zero-order valence-corrected chi connectivity index (χ0v) is 13.5. The van der Waals surface area contributed by atoms with E-state index in [9.17, 15) is 9.59 Å². The summed E-state index contributed by atoms with van der Waals surface area (Å²) in [4.78, 5) is 26.5. The SMILES string of the molecule is CO[C@H]1c2ccccc2[C@H]2C[C@]21c1cnc[nH]1.O=C(O)/C=C/C(=O)O. The molecule has 130 valence electrons. The number of H-pyrrole nitrogens is 1. The van der Waals surface area contributed by atoms with Gasteiger partial charge in [0.15, 0.2) is 0 Å². The third kappa shape index (κ3) is 2.94. The number of rotatable bonds is 4. The third-order valence-corrected chi connectivity index (χ3v) is 4.73. The van der Waals surface area contributed by atoms with Gasteiger partial charge in [0.1, 0.15) is 0 Å². The van der Waals surface area contributed by atoms with Gasteiger partial charge >= 0.3 is 11.9 Å². The number of hydrogen-bond donors (Lipinski definition) is 3. The lowest BCUT2D eigenvalue weighted by Gasteiger charge is -2.21. The normalized spacial score (nSPS) is 25.6. The lowest BCUT2D eigenvalue weighted by molar-refractivity contribution is -0.134. The molecule has 0 spiro atoms. The van der Waals surface area contributed by atoms with Gasteiger partial charge < -0.3 is 19.9 Å². The standard InChI is InChI=1S/C14H14N2O.C4H4O4/c1-17-13-10-5-3-2-4-9(10)11-6-14(11,13)12-7-15-8-16-12;5-3(6)1-2-4(7)8/h2-5,7-8,11,13H,6H2,1H3,(H,15,16);1-2H,(H,5,6)(H,7,8)/b;2-1+/t11-,13+,14-;/m1./s1. The fourth-order valence-corrected chi connectivity index (χ4v) is 3.73. The van der Waals surface area contributed by atoms with Crippen molar-refractivity contribution in [2.45, 2.75) is 23.9 Å². The van der Waals surface area contributed by atoms with Gasteiger partial charge in [-0.25, -0.2) is 14.6 Å². The molecule has 1 aromatic heterocycles. The highest BCUT2D eigenvalue weighted by Gasteiger charge is 2.67. The molecule has 3 N–H and O–H groups in total. The van der Waals surface area contributed by atoms with Gasteiger partial charge in [-0.05, 0) is 23.5 Å². The number of aliphatic carboxylic acids is 2. The summed E-state index contributed by atoms with van der Waals surface area (Å²) < 4.78 is 5.77. The van der Waals surface area contributed by atoms with Crippen molar-refractivity contribution in [2.24, 2.45) is 0 Å². The summed E-state index contributed by atoms with van der Waals surface area (Å²) in [6.07, 6.45) is 6.16. The van der Waals surface area contributed by atoms with Crippen LogP contribution in [-0.2, 0) is 19.7 Å². The third-order valence-electron chi connectivity index (χ3n) is 4.73. The summed E-state index contributed by atoms with van der Waals surface area (Å²) in [7, 11) is 1.81. The summed E-state index contributed by atoms with van der Waals surface area (Å²) >= 11 is 0. The Morgan fingerprint density at radius 2 is 1.88 bits per heavy atom. The van der Waals surface area contributed by atoms with Crippen LogP contribution in [0.3, 0.4) is 0 Å². The molecule has 2 aromatic rings. The Bertz CT molecular complexity index is 799. The Morgan fingerprint density at radius 1 is 1.24 bits per heavy atom. The molecule has 1 aromatic carbocycles. The highest BCUT2D eigenvalue weighted by Crippen LogP contribution is 2.72. The maximum atomic E-state index is 9.55. The van der Waals surface area contributed by atoms with Crippen LogP contribution >= 0.6 is 0 Å². The van der Waals surface area contributed by atoms with E-state index in [1.54, 1.807) is 13.4 Å². The van der Waals surface area contributed by atoms with Crippen molar-refractivity contribution in [3.63, 3.8) is 0 Å². The van der Waals surface area contributed by atoms with Gasteiger partial charge in [-0.1, -0.05) is 24.3 Å². The molecule has 2 aliphatic carbocycles. The minimum Gasteiger partial charge on any atom is -0.478 e. The predicted octanol–water partition coefficient (Wildman–Crippen LogP) is 2.25. The van der Waals surface area contributed by atoms with Crippen LogP contribution in [0.5, 0.6) is 0 Å². The molecule has 0 amide bonds. The van der Waals surface area contributed by atoms with E-state index >= 15 is 0 Å². The fourth-order valence-electron chi connectivity index (χ4n) is 3.73. The zero-order valence-electron chi connectivity index (χ0n) is 13.5. The van der Waals surface area contributed by atoms with Crippen molar-refractivity contribution in [1.29, 1.82) is 0 Å². The minimum atomic E-state index is -1.26. The van der Waals surface area contributed by atoms with Crippen molar-refractivity contribution >= 4 is 11.9 Å². The van der Waals surface area contributed by atoms with E-state index in [0.717, 1.165) is 0 Å². The van der Waals surface area contributed by atoms with Crippen LogP contribution in [0, 0.1) is 0 Å². The molecule has 7 heteroatoms. The Balaban J connectivity index is 0.000000197. The van der Waals surface area contributed by atoms with Crippen molar-refractivity contribution in [3.05, 3.63) is 65.8 Å². The van der Waals surface area contributed by atoms with Crippen LogP contribution in [0.1, 0.15) is 35.3 Å². The Hall–Kier alpha value is -2.93. The van der Waals surface area contributed by atoms with E-state index in [0.29, 0.717) is 18.1 Å². The number of imidazole rings is 1. The topological polar surface area (TPSA) is 113 Å². The average molecular weight is 342 g/mol. The highest BCUT2D eigenvalue weighted by atomic mass is 16.5. The number of methoxy groups -OCH3 is 1. The molecule has 0 aliphatic heterocycles. The van der Waals surface area contributed by atoms with Gasteiger partial charge in [-0.2, -0.15) is 0 Å². The first kappa shape index (κ1) is 16.9. The zero-order chi connectivity index (χ0) is 18.0. The van der Waals surface area contributed by atoms with Gasteiger partial charge in [0, 0.05) is 36.6 Å². The number of benzene rings is 1. The maximum Gasteiger partial charge on any atom is 0.328 e. The first-order chi connectivity index (χ1) is 12.0. The number of ether oxygens (including phenoxy) is 1. The van der Waals surface area contributed by atoms with Gasteiger partial charge in [-0.3, -0.25) is 0 Å². The highest BCUT2D eigenvalue weighted by molar-refractivity contribution is 5.89. The number of nitrogens with one attached hydrogen (secondary N) is 1. The summed E-state index contributed by atoms with van der Waals surface area (Å²) in [5.41, 5.74) is 4.13. The number of fused-ring (bicyclic) bond motifs is 3. The molecule has 1 fully saturated rings. The summed E-state index contributed by atoms with van der Waals surface area (Å²) in [5, 5.41) is 15.6. The van der Waals surface area contributed by atoms with Crippen LogP contribution in [-0.4, -0.2) is 39.2 Å². The van der Waals surface area contributed by atoms with Gasteiger partial charge in [0.25, 0.3) is 0 Å². The fraction of sp³-hybridized carbons (Fsp3) is 0.278. The monoisotopic (exact) mass is 342 g/mol. The average Bonchev–Trinajstić information content (AvgIpc) is 2.98. The molecule has 2 aliphatic rings. The van der Waals surface area contributed by atoms with Gasteiger partial charge in [-0.15, -0.1) is 0 Å². The summed E-state index contributed by atoms with van der Waals surface area (Å²) in [6, 6.07) is 8.63. The van der Waals surface area contributed by atoms with Crippen molar-refractivity contribution in [1.82, 2.24) is 9.97 Å². The first-order valence-electron chi connectivity index (χ1n) is 7.75. The van der Waals surface area contributed by atoms with E-state index in [2.05, 4.69) is 34.2 Å². The maximum absolute atomic E-state index is 9.55. The van der Waals surface area contributed by atoms with Crippen LogP contribution < -0.4 is 0 Å². The molecular weight excluding hydrogens is 324 g/mol.